The Morgan fingerprint density at radius 1 is 1.86 bits per heavy atom. The van der Waals surface area contributed by atoms with Gasteiger partial charge in [0.1, 0.15) is 0 Å². The van der Waals surface area contributed by atoms with Crippen LogP contribution in [0.25, 0.3) is 0 Å². The van der Waals surface area contributed by atoms with Crippen molar-refractivity contribution < 1.29 is 9.10 Å². The molecule has 0 saturated carbocycles. The van der Waals surface area contributed by atoms with Crippen molar-refractivity contribution in [1.82, 2.24) is 5.10 Å². The molecule has 0 atom stereocenters. The quantitative estimate of drug-likeness (QED) is 0.422. The summed E-state index contributed by atoms with van der Waals surface area (Å²) < 4.78 is 6.48. The maximum absolute atomic E-state index is 4.82. The molecule has 1 aromatic heterocycles. The monoisotopic (exact) mass is 99.1 g/mol. The molecule has 0 radical (unpaired) electrons. The average molecular weight is 99.1 g/mol. The van der Waals surface area contributed by atoms with E-state index >= 15 is 0 Å². The Hall–Kier alpha value is -0.860. The Balaban J connectivity index is 3.12. The van der Waals surface area contributed by atoms with Gasteiger partial charge in [-0.2, -0.15) is 0 Å². The minimum atomic E-state index is 0.819. The van der Waals surface area contributed by atoms with Crippen LogP contribution in [0.3, 0.4) is 0 Å². The van der Waals surface area contributed by atoms with E-state index in [9.17, 15) is 0 Å². The molecule has 1 aromatic rings. The van der Waals surface area contributed by atoms with E-state index in [-0.39, 0.29) is 0 Å². The Kier molecular flexibility index (Phi) is 0.817. The molecule has 0 N–H and O–H groups in total. The normalized spacial score (nSPS) is 9.43. The Morgan fingerprint density at radius 3 is 2.71 bits per heavy atom. The summed E-state index contributed by atoms with van der Waals surface area (Å²) >= 11 is 0. The third-order valence-electron chi connectivity index (χ3n) is 0.899. The van der Waals surface area contributed by atoms with Crippen LogP contribution in [0.5, 0.6) is 0 Å². The number of aryl methyl sites for hydroxylation is 2. The predicted octanol–water partition coefficient (Wildman–Crippen LogP) is -0.192. The van der Waals surface area contributed by atoms with Gasteiger partial charge in [-0.1, -0.05) is 4.68 Å². The zero-order valence-corrected chi connectivity index (χ0v) is 4.38. The third kappa shape index (κ3) is 0.607. The number of rotatable bonds is 0. The lowest BCUT2D eigenvalue weighted by Gasteiger charge is -1.68. The van der Waals surface area contributed by atoms with Crippen molar-refractivity contribution >= 4 is 0 Å². The maximum atomic E-state index is 4.82. The van der Waals surface area contributed by atoms with Gasteiger partial charge in [0.05, 0.1) is 6.92 Å². The second-order valence-electron chi connectivity index (χ2n) is 1.38. The van der Waals surface area contributed by atoms with Gasteiger partial charge in [0.25, 0.3) is 6.39 Å². The van der Waals surface area contributed by atoms with E-state index in [1.165, 1.54) is 6.39 Å². The van der Waals surface area contributed by atoms with Crippen molar-refractivity contribution in [3.8, 4) is 0 Å². The SMILES string of the molecule is Cc1ocn[n+]1C. The fraction of sp³-hybridized carbons (Fsp3) is 0.500. The molecule has 3 nitrogen and oxygen atoms in total. The average Bonchev–Trinajstić information content (AvgIpc) is 1.91. The van der Waals surface area contributed by atoms with Crippen LogP contribution in [0, 0.1) is 6.92 Å². The number of aromatic nitrogens is 2. The second kappa shape index (κ2) is 1.33. The van der Waals surface area contributed by atoms with Gasteiger partial charge >= 0.3 is 5.89 Å². The van der Waals surface area contributed by atoms with E-state index < -0.39 is 0 Å². The minimum absolute atomic E-state index is 0.819. The van der Waals surface area contributed by atoms with E-state index in [1.54, 1.807) is 4.68 Å². The second-order valence-corrected chi connectivity index (χ2v) is 1.38. The highest BCUT2D eigenvalue weighted by Gasteiger charge is 2.00. The lowest BCUT2D eigenvalue weighted by molar-refractivity contribution is -0.737. The largest absolute Gasteiger partial charge is 0.389 e. The van der Waals surface area contributed by atoms with Crippen molar-refractivity contribution in [2.45, 2.75) is 6.92 Å². The summed E-state index contributed by atoms with van der Waals surface area (Å²) in [6.45, 7) is 1.85. The third-order valence-corrected chi connectivity index (χ3v) is 0.899. The van der Waals surface area contributed by atoms with Crippen LogP contribution in [0.4, 0.5) is 0 Å². The first-order valence-corrected chi connectivity index (χ1v) is 2.07. The van der Waals surface area contributed by atoms with Crippen molar-refractivity contribution in [2.24, 2.45) is 7.05 Å². The molecule has 1 rings (SSSR count). The van der Waals surface area contributed by atoms with Gasteiger partial charge in [-0.25, -0.2) is 0 Å². The predicted molar refractivity (Wildman–Crippen MR) is 22.4 cm³/mol. The molecule has 3 heteroatoms. The summed E-state index contributed by atoms with van der Waals surface area (Å²) in [6.07, 6.45) is 1.41. The molecule has 0 fully saturated rings. The van der Waals surface area contributed by atoms with E-state index in [4.69, 9.17) is 4.42 Å². The van der Waals surface area contributed by atoms with Crippen LogP contribution in [0.1, 0.15) is 5.89 Å². The van der Waals surface area contributed by atoms with Crippen molar-refractivity contribution in [3.05, 3.63) is 12.3 Å². The molecule has 1 heterocycles. The highest BCUT2D eigenvalue weighted by molar-refractivity contribution is 4.49. The van der Waals surface area contributed by atoms with Gasteiger partial charge in [-0.15, -0.1) is 0 Å². The van der Waals surface area contributed by atoms with Crippen molar-refractivity contribution in [1.29, 1.82) is 0 Å². The molecule has 38 valence electrons. The number of hydrogen-bond donors (Lipinski definition) is 0. The Bertz CT molecular complexity index is 142. The standard InChI is InChI=1S/C4H7N2O/c1-4-6(2)5-3-7-4/h3H,1-2H3/q+1. The molecule has 0 aliphatic heterocycles. The molecule has 0 spiro atoms. The molecular formula is C4H7N2O+. The van der Waals surface area contributed by atoms with E-state index in [0.29, 0.717) is 0 Å². The number of nitrogens with zero attached hydrogens (tertiary/aromatic N) is 2. The molecule has 0 bridgehead atoms. The molecular weight excluding hydrogens is 92.1 g/mol. The highest BCUT2D eigenvalue weighted by atomic mass is 16.4. The molecule has 0 unspecified atom stereocenters. The summed E-state index contributed by atoms with van der Waals surface area (Å²) in [5.74, 6) is 0.819. The molecule has 7 heavy (non-hydrogen) atoms. The first kappa shape index (κ1) is 4.30. The highest BCUT2D eigenvalue weighted by Crippen LogP contribution is 1.79. The zero-order chi connectivity index (χ0) is 5.28. The van der Waals surface area contributed by atoms with Crippen LogP contribution >= 0.6 is 0 Å². The van der Waals surface area contributed by atoms with Crippen molar-refractivity contribution in [2.75, 3.05) is 0 Å². The van der Waals surface area contributed by atoms with Gasteiger partial charge in [-0.05, 0) is 0 Å². The Morgan fingerprint density at radius 2 is 2.57 bits per heavy atom. The molecule has 0 aliphatic rings. The first-order chi connectivity index (χ1) is 3.30. The fourth-order valence-electron chi connectivity index (χ4n) is 0.328. The summed E-state index contributed by atoms with van der Waals surface area (Å²) in [4.78, 5) is 0. The van der Waals surface area contributed by atoms with Crippen LogP contribution in [-0.4, -0.2) is 5.10 Å². The Labute approximate surface area is 41.6 Å². The van der Waals surface area contributed by atoms with Crippen LogP contribution in [-0.2, 0) is 7.05 Å². The van der Waals surface area contributed by atoms with Crippen molar-refractivity contribution in [3.63, 3.8) is 0 Å². The summed E-state index contributed by atoms with van der Waals surface area (Å²) in [5, 5.41) is 3.77. The molecule has 0 aliphatic carbocycles. The van der Waals surface area contributed by atoms with Gasteiger partial charge in [0, 0.05) is 5.10 Å². The van der Waals surface area contributed by atoms with E-state index in [2.05, 4.69) is 5.10 Å². The molecule has 0 saturated heterocycles. The molecule has 0 amide bonds. The van der Waals surface area contributed by atoms with E-state index in [0.717, 1.165) is 5.89 Å². The van der Waals surface area contributed by atoms with Gasteiger partial charge in [-0.3, -0.25) is 0 Å². The summed E-state index contributed by atoms with van der Waals surface area (Å²) in [5.41, 5.74) is 0. The van der Waals surface area contributed by atoms with Crippen LogP contribution in [0.15, 0.2) is 10.8 Å². The van der Waals surface area contributed by atoms with E-state index in [1.807, 2.05) is 14.0 Å². The van der Waals surface area contributed by atoms with Crippen LogP contribution in [0.2, 0.25) is 0 Å². The zero-order valence-electron chi connectivity index (χ0n) is 4.38. The number of hydrogen-bond acceptors (Lipinski definition) is 2. The molecule has 0 aromatic carbocycles. The smallest absolute Gasteiger partial charge is 0.370 e. The van der Waals surface area contributed by atoms with Gasteiger partial charge in [0.15, 0.2) is 7.05 Å². The lowest BCUT2D eigenvalue weighted by Crippen LogP contribution is -2.32. The topological polar surface area (TPSA) is 29.9 Å². The van der Waals surface area contributed by atoms with Crippen LogP contribution < -0.4 is 4.68 Å². The summed E-state index contributed by atoms with van der Waals surface area (Å²) in [6, 6.07) is 0. The maximum Gasteiger partial charge on any atom is 0.370 e. The first-order valence-electron chi connectivity index (χ1n) is 2.07. The fourth-order valence-corrected chi connectivity index (χ4v) is 0.328. The summed E-state index contributed by atoms with van der Waals surface area (Å²) in [7, 11) is 1.83. The lowest BCUT2D eigenvalue weighted by atomic mass is 10.8. The van der Waals surface area contributed by atoms with Gasteiger partial charge in [0.2, 0.25) is 0 Å². The minimum Gasteiger partial charge on any atom is -0.389 e. The van der Waals surface area contributed by atoms with Gasteiger partial charge < -0.3 is 4.42 Å².